The molecule has 0 bridgehead atoms. The van der Waals surface area contributed by atoms with Crippen LogP contribution in [-0.2, 0) is 11.3 Å². The number of nitrogens with zero attached hydrogens (tertiary/aromatic N) is 6. The highest BCUT2D eigenvalue weighted by molar-refractivity contribution is 6.06. The van der Waals surface area contributed by atoms with Gasteiger partial charge in [-0.2, -0.15) is 5.10 Å². The summed E-state index contributed by atoms with van der Waals surface area (Å²) in [5.41, 5.74) is 1.24. The van der Waals surface area contributed by atoms with Gasteiger partial charge in [-0.15, -0.1) is 0 Å². The second-order valence-electron chi connectivity index (χ2n) is 6.56. The number of urea groups is 1. The fraction of sp³-hybridized carbons (Fsp3) is 0.500. The van der Waals surface area contributed by atoms with Gasteiger partial charge in [-0.1, -0.05) is 6.07 Å². The molecule has 2 aromatic heterocycles. The monoisotopic (exact) mass is 328 g/mol. The number of likely N-dealkylation sites (N-methyl/N-ethyl adjacent to an activating group) is 2. The molecule has 4 rings (SSSR count). The minimum absolute atomic E-state index is 0.0759. The van der Waals surface area contributed by atoms with Gasteiger partial charge < -0.3 is 4.90 Å². The van der Waals surface area contributed by atoms with Crippen molar-refractivity contribution in [1.82, 2.24) is 29.3 Å². The largest absolute Gasteiger partial charge is 0.327 e. The Labute approximate surface area is 139 Å². The van der Waals surface area contributed by atoms with Crippen LogP contribution < -0.4 is 0 Å². The van der Waals surface area contributed by atoms with Gasteiger partial charge in [0.1, 0.15) is 11.9 Å². The Morgan fingerprint density at radius 3 is 2.58 bits per heavy atom. The van der Waals surface area contributed by atoms with E-state index < -0.39 is 5.54 Å². The molecule has 8 heteroatoms. The van der Waals surface area contributed by atoms with E-state index in [2.05, 4.69) is 15.0 Å². The van der Waals surface area contributed by atoms with Crippen molar-refractivity contribution in [3.05, 3.63) is 30.2 Å². The van der Waals surface area contributed by atoms with Gasteiger partial charge in [0, 0.05) is 33.7 Å². The zero-order chi connectivity index (χ0) is 16.9. The third-order valence-electron chi connectivity index (χ3n) is 5.37. The summed E-state index contributed by atoms with van der Waals surface area (Å²) in [6.07, 6.45) is 2.87. The molecule has 2 aromatic rings. The number of likely N-dealkylation sites (tertiary alicyclic amines) is 1. The Bertz CT molecular complexity index is 808. The van der Waals surface area contributed by atoms with Crippen molar-refractivity contribution in [2.24, 2.45) is 0 Å². The first-order chi connectivity index (χ1) is 11.5. The highest BCUT2D eigenvalue weighted by Gasteiger charge is 2.55. The van der Waals surface area contributed by atoms with Crippen LogP contribution in [-0.4, -0.2) is 74.0 Å². The van der Waals surface area contributed by atoms with E-state index in [1.165, 1.54) is 4.90 Å². The van der Waals surface area contributed by atoms with Crippen molar-refractivity contribution in [1.29, 1.82) is 0 Å². The third-order valence-corrected chi connectivity index (χ3v) is 5.37. The quantitative estimate of drug-likeness (QED) is 0.754. The van der Waals surface area contributed by atoms with Crippen LogP contribution in [0.25, 0.3) is 5.65 Å². The standard InChI is InChI=1S/C16H20N6O2/c1-19-14(23)16(20(2)15(19)24)6-8-21(9-7-16)10-12-4-3-5-13-17-11-18-22(12)13/h3-5,11H,6-10H2,1-2H3. The fourth-order valence-electron chi connectivity index (χ4n) is 3.83. The summed E-state index contributed by atoms with van der Waals surface area (Å²) in [4.78, 5) is 34.0. The average Bonchev–Trinajstić information content (AvgIpc) is 3.14. The van der Waals surface area contributed by atoms with Crippen LogP contribution in [0, 0.1) is 0 Å². The maximum atomic E-state index is 12.5. The topological polar surface area (TPSA) is 74.1 Å². The van der Waals surface area contributed by atoms with E-state index in [1.807, 2.05) is 22.7 Å². The minimum Gasteiger partial charge on any atom is -0.312 e. The molecule has 2 aliphatic rings. The number of aromatic nitrogens is 3. The molecule has 24 heavy (non-hydrogen) atoms. The number of pyridine rings is 1. The van der Waals surface area contributed by atoms with Gasteiger partial charge in [-0.3, -0.25) is 14.6 Å². The van der Waals surface area contributed by atoms with E-state index in [1.54, 1.807) is 25.3 Å². The first kappa shape index (κ1) is 15.1. The number of amides is 3. The van der Waals surface area contributed by atoms with E-state index in [0.29, 0.717) is 12.8 Å². The van der Waals surface area contributed by atoms with Gasteiger partial charge in [0.15, 0.2) is 5.65 Å². The summed E-state index contributed by atoms with van der Waals surface area (Å²) in [5.74, 6) is -0.0759. The predicted octanol–water partition coefficient (Wildman–Crippen LogP) is 0.588. The number of hydrogen-bond donors (Lipinski definition) is 0. The minimum atomic E-state index is -0.665. The number of carbonyl (C=O) groups excluding carboxylic acids is 2. The molecule has 2 aliphatic heterocycles. The van der Waals surface area contributed by atoms with Crippen LogP contribution in [0.15, 0.2) is 24.5 Å². The summed E-state index contributed by atoms with van der Waals surface area (Å²) in [6.45, 7) is 2.28. The van der Waals surface area contributed by atoms with Crippen molar-refractivity contribution < 1.29 is 9.59 Å². The third kappa shape index (κ3) is 2.02. The first-order valence-electron chi connectivity index (χ1n) is 8.09. The molecule has 126 valence electrons. The van der Waals surface area contributed by atoms with Gasteiger partial charge in [-0.25, -0.2) is 14.3 Å². The molecule has 2 fully saturated rings. The second-order valence-corrected chi connectivity index (χ2v) is 6.56. The number of hydrogen-bond acceptors (Lipinski definition) is 5. The molecule has 8 nitrogen and oxygen atoms in total. The molecular weight excluding hydrogens is 308 g/mol. The van der Waals surface area contributed by atoms with Crippen LogP contribution in [0.2, 0.25) is 0 Å². The van der Waals surface area contributed by atoms with Crippen molar-refractivity contribution in [3.63, 3.8) is 0 Å². The summed E-state index contributed by atoms with van der Waals surface area (Å²) in [5, 5.41) is 4.26. The smallest absolute Gasteiger partial charge is 0.312 e. The Balaban J connectivity index is 1.50. The molecule has 3 amide bonds. The van der Waals surface area contributed by atoms with Crippen LogP contribution >= 0.6 is 0 Å². The zero-order valence-electron chi connectivity index (χ0n) is 13.8. The van der Waals surface area contributed by atoms with E-state index in [0.717, 1.165) is 31.0 Å². The molecule has 0 aromatic carbocycles. The van der Waals surface area contributed by atoms with Gasteiger partial charge in [0.2, 0.25) is 0 Å². The van der Waals surface area contributed by atoms with Gasteiger partial charge in [0.25, 0.3) is 5.91 Å². The summed E-state index contributed by atoms with van der Waals surface area (Å²) in [6, 6.07) is 5.74. The Morgan fingerprint density at radius 1 is 1.17 bits per heavy atom. The molecule has 2 saturated heterocycles. The summed E-state index contributed by atoms with van der Waals surface area (Å²) >= 11 is 0. The number of piperidine rings is 1. The van der Waals surface area contributed by atoms with Crippen molar-refractivity contribution in [3.8, 4) is 0 Å². The van der Waals surface area contributed by atoms with Gasteiger partial charge in [0.05, 0.1) is 5.69 Å². The normalized spacial score (nSPS) is 21.4. The molecule has 0 saturated carbocycles. The average molecular weight is 328 g/mol. The molecule has 4 heterocycles. The molecular formula is C16H20N6O2. The molecule has 0 unspecified atom stereocenters. The van der Waals surface area contributed by atoms with E-state index in [-0.39, 0.29) is 11.9 Å². The maximum absolute atomic E-state index is 12.5. The van der Waals surface area contributed by atoms with Crippen LogP contribution in [0.4, 0.5) is 4.79 Å². The Morgan fingerprint density at radius 2 is 1.92 bits per heavy atom. The molecule has 0 aliphatic carbocycles. The molecule has 1 spiro atoms. The lowest BCUT2D eigenvalue weighted by atomic mass is 9.86. The van der Waals surface area contributed by atoms with E-state index >= 15 is 0 Å². The fourth-order valence-corrected chi connectivity index (χ4v) is 3.83. The number of imide groups is 1. The lowest BCUT2D eigenvalue weighted by Crippen LogP contribution is -2.55. The van der Waals surface area contributed by atoms with Crippen molar-refractivity contribution in [2.75, 3.05) is 27.2 Å². The zero-order valence-corrected chi connectivity index (χ0v) is 13.8. The lowest BCUT2D eigenvalue weighted by molar-refractivity contribution is -0.134. The maximum Gasteiger partial charge on any atom is 0.327 e. The van der Waals surface area contributed by atoms with E-state index in [9.17, 15) is 9.59 Å². The Kier molecular flexibility index (Phi) is 3.31. The van der Waals surface area contributed by atoms with Gasteiger partial charge >= 0.3 is 6.03 Å². The van der Waals surface area contributed by atoms with Crippen LogP contribution in [0.5, 0.6) is 0 Å². The van der Waals surface area contributed by atoms with Crippen LogP contribution in [0.1, 0.15) is 18.5 Å². The number of carbonyl (C=O) groups is 2. The van der Waals surface area contributed by atoms with E-state index in [4.69, 9.17) is 0 Å². The van der Waals surface area contributed by atoms with Crippen molar-refractivity contribution in [2.45, 2.75) is 24.9 Å². The summed E-state index contributed by atoms with van der Waals surface area (Å²) < 4.78 is 1.84. The van der Waals surface area contributed by atoms with Gasteiger partial charge in [-0.05, 0) is 25.0 Å². The lowest BCUT2D eigenvalue weighted by Gasteiger charge is -2.40. The van der Waals surface area contributed by atoms with Crippen LogP contribution in [0.3, 0.4) is 0 Å². The van der Waals surface area contributed by atoms with Crippen molar-refractivity contribution >= 4 is 17.6 Å². The first-order valence-corrected chi connectivity index (χ1v) is 8.09. The molecule has 0 radical (unpaired) electrons. The Hall–Kier alpha value is -2.48. The molecule has 0 atom stereocenters. The number of rotatable bonds is 2. The highest BCUT2D eigenvalue weighted by Crippen LogP contribution is 2.35. The summed E-state index contributed by atoms with van der Waals surface area (Å²) in [7, 11) is 3.29. The number of fused-ring (bicyclic) bond motifs is 1. The molecule has 0 N–H and O–H groups in total. The highest BCUT2D eigenvalue weighted by atomic mass is 16.2. The SMILES string of the molecule is CN1C(=O)N(C)C2(CCN(Cc3cccc4ncnn34)CC2)C1=O. The second kappa shape index (κ2) is 5.27. The predicted molar refractivity (Wildman–Crippen MR) is 86.2 cm³/mol.